The van der Waals surface area contributed by atoms with Gasteiger partial charge in [-0.2, -0.15) is 17.6 Å². The van der Waals surface area contributed by atoms with Gasteiger partial charge < -0.3 is 10.1 Å². The number of benzene rings is 2. The SMILES string of the molecule is O=[N+]([O-])c1ccc2c(-c3ccc(C(F)(F)F)cc3)nc3ccccc3n12. The van der Waals surface area contributed by atoms with E-state index in [0.29, 0.717) is 27.8 Å². The Morgan fingerprint density at radius 2 is 1.62 bits per heavy atom. The Bertz CT molecular complexity index is 1150. The first-order chi connectivity index (χ1) is 12.4. The number of fused-ring (bicyclic) bond motifs is 3. The first-order valence-electron chi connectivity index (χ1n) is 7.58. The average molecular weight is 357 g/mol. The van der Waals surface area contributed by atoms with Gasteiger partial charge in [0.2, 0.25) is 0 Å². The fourth-order valence-corrected chi connectivity index (χ4v) is 2.96. The first-order valence-corrected chi connectivity index (χ1v) is 7.58. The van der Waals surface area contributed by atoms with Crippen LogP contribution in [0.4, 0.5) is 19.0 Å². The fourth-order valence-electron chi connectivity index (χ4n) is 2.96. The molecule has 0 saturated carbocycles. The molecule has 0 fully saturated rings. The quantitative estimate of drug-likeness (QED) is 0.371. The van der Waals surface area contributed by atoms with Crippen LogP contribution in [0.2, 0.25) is 0 Å². The van der Waals surface area contributed by atoms with Crippen molar-refractivity contribution in [3.05, 3.63) is 76.3 Å². The van der Waals surface area contributed by atoms with Gasteiger partial charge in [0.1, 0.15) is 11.2 Å². The molecule has 4 aromatic rings. The van der Waals surface area contributed by atoms with Gasteiger partial charge in [-0.05, 0) is 35.3 Å². The highest BCUT2D eigenvalue weighted by Gasteiger charge is 2.30. The second kappa shape index (κ2) is 5.55. The number of rotatable bonds is 2. The highest BCUT2D eigenvalue weighted by molar-refractivity contribution is 5.89. The molecule has 0 N–H and O–H groups in total. The molecule has 0 saturated heterocycles. The van der Waals surface area contributed by atoms with Crippen molar-refractivity contribution < 1.29 is 18.1 Å². The third-order valence-electron chi connectivity index (χ3n) is 4.13. The van der Waals surface area contributed by atoms with Crippen molar-refractivity contribution in [2.24, 2.45) is 0 Å². The zero-order chi connectivity index (χ0) is 18.5. The molecule has 0 atom stereocenters. The van der Waals surface area contributed by atoms with E-state index in [1.165, 1.54) is 22.6 Å². The highest BCUT2D eigenvalue weighted by Crippen LogP contribution is 2.34. The van der Waals surface area contributed by atoms with Crippen LogP contribution in [-0.2, 0) is 6.18 Å². The van der Waals surface area contributed by atoms with Crippen LogP contribution in [-0.4, -0.2) is 14.3 Å². The molecule has 2 heterocycles. The molecule has 0 amide bonds. The number of nitro groups is 1. The highest BCUT2D eigenvalue weighted by atomic mass is 19.4. The zero-order valence-corrected chi connectivity index (χ0v) is 13.1. The summed E-state index contributed by atoms with van der Waals surface area (Å²) in [5.74, 6) is -0.133. The molecule has 8 heteroatoms. The van der Waals surface area contributed by atoms with Crippen molar-refractivity contribution in [3.8, 4) is 11.3 Å². The number of para-hydroxylation sites is 2. The van der Waals surface area contributed by atoms with E-state index in [0.717, 1.165) is 12.1 Å². The predicted octanol–water partition coefficient (Wildman–Crippen LogP) is 5.08. The van der Waals surface area contributed by atoms with Crippen molar-refractivity contribution in [1.82, 2.24) is 9.38 Å². The minimum Gasteiger partial charge on any atom is -0.358 e. The van der Waals surface area contributed by atoms with E-state index in [4.69, 9.17) is 0 Å². The van der Waals surface area contributed by atoms with Crippen molar-refractivity contribution in [1.29, 1.82) is 0 Å². The Labute approximate surface area is 144 Å². The molecule has 2 aromatic heterocycles. The summed E-state index contributed by atoms with van der Waals surface area (Å²) in [6.45, 7) is 0. The lowest BCUT2D eigenvalue weighted by molar-refractivity contribution is -0.390. The molecular formula is C18H10F3N3O2. The number of halogens is 3. The van der Waals surface area contributed by atoms with Crippen molar-refractivity contribution in [3.63, 3.8) is 0 Å². The van der Waals surface area contributed by atoms with E-state index in [2.05, 4.69) is 4.98 Å². The fraction of sp³-hybridized carbons (Fsp3) is 0.0556. The van der Waals surface area contributed by atoms with Crippen LogP contribution in [0.5, 0.6) is 0 Å². The molecule has 130 valence electrons. The molecule has 5 nitrogen and oxygen atoms in total. The average Bonchev–Trinajstić information content (AvgIpc) is 3.06. The van der Waals surface area contributed by atoms with E-state index >= 15 is 0 Å². The van der Waals surface area contributed by atoms with Gasteiger partial charge in [-0.25, -0.2) is 4.98 Å². The van der Waals surface area contributed by atoms with E-state index < -0.39 is 16.7 Å². The van der Waals surface area contributed by atoms with Crippen LogP contribution in [0, 0.1) is 10.1 Å². The van der Waals surface area contributed by atoms with Gasteiger partial charge in [0.15, 0.2) is 11.0 Å². The summed E-state index contributed by atoms with van der Waals surface area (Å²) in [6.07, 6.45) is -4.43. The molecule has 0 bridgehead atoms. The van der Waals surface area contributed by atoms with Crippen LogP contribution in [0.1, 0.15) is 5.56 Å². The standard InChI is InChI=1S/C18H10F3N3O2/c19-18(20,21)12-7-5-11(6-8-12)17-15-9-10-16(24(25)26)23(15)14-4-2-1-3-13(14)22-17/h1-10H. The Morgan fingerprint density at radius 1 is 0.923 bits per heavy atom. The molecule has 4 rings (SSSR count). The van der Waals surface area contributed by atoms with Crippen LogP contribution in [0.25, 0.3) is 27.8 Å². The van der Waals surface area contributed by atoms with Crippen LogP contribution < -0.4 is 0 Å². The van der Waals surface area contributed by atoms with Crippen LogP contribution in [0.15, 0.2) is 60.7 Å². The van der Waals surface area contributed by atoms with Crippen LogP contribution >= 0.6 is 0 Å². The molecule has 0 spiro atoms. The molecule has 0 aliphatic rings. The summed E-state index contributed by atoms with van der Waals surface area (Å²) in [7, 11) is 0. The van der Waals surface area contributed by atoms with Gasteiger partial charge in [-0.1, -0.05) is 24.3 Å². The summed E-state index contributed by atoms with van der Waals surface area (Å²) in [6, 6.07) is 14.4. The molecular weight excluding hydrogens is 347 g/mol. The molecule has 0 unspecified atom stereocenters. The summed E-state index contributed by atoms with van der Waals surface area (Å²) in [5, 5.41) is 11.4. The van der Waals surface area contributed by atoms with Gasteiger partial charge in [-0.3, -0.25) is 0 Å². The number of alkyl halides is 3. The van der Waals surface area contributed by atoms with E-state index in [9.17, 15) is 23.3 Å². The Kier molecular flexibility index (Phi) is 3.43. The van der Waals surface area contributed by atoms with Crippen molar-refractivity contribution >= 4 is 22.4 Å². The summed E-state index contributed by atoms with van der Waals surface area (Å²) in [5.41, 5.74) is 1.57. The monoisotopic (exact) mass is 357 g/mol. The minimum atomic E-state index is -4.43. The summed E-state index contributed by atoms with van der Waals surface area (Å²) in [4.78, 5) is 15.4. The molecule has 0 aliphatic heterocycles. The number of aromatic nitrogens is 2. The van der Waals surface area contributed by atoms with Crippen LogP contribution in [0.3, 0.4) is 0 Å². The molecule has 0 aliphatic carbocycles. The maximum atomic E-state index is 12.8. The second-order valence-electron chi connectivity index (χ2n) is 5.69. The second-order valence-corrected chi connectivity index (χ2v) is 5.69. The Balaban J connectivity index is 2.02. The minimum absolute atomic E-state index is 0.133. The van der Waals surface area contributed by atoms with Gasteiger partial charge in [-0.15, -0.1) is 0 Å². The molecule has 0 radical (unpaired) electrons. The topological polar surface area (TPSA) is 60.4 Å². The lowest BCUT2D eigenvalue weighted by Crippen LogP contribution is -2.04. The first kappa shape index (κ1) is 16.1. The maximum absolute atomic E-state index is 12.8. The van der Waals surface area contributed by atoms with Gasteiger partial charge >= 0.3 is 12.0 Å². The molecule has 26 heavy (non-hydrogen) atoms. The van der Waals surface area contributed by atoms with Gasteiger partial charge in [0.05, 0.1) is 5.56 Å². The number of hydrogen-bond donors (Lipinski definition) is 0. The number of hydrogen-bond acceptors (Lipinski definition) is 3. The summed E-state index contributed by atoms with van der Waals surface area (Å²) < 4.78 is 39.8. The van der Waals surface area contributed by atoms with E-state index in [1.54, 1.807) is 30.3 Å². The largest absolute Gasteiger partial charge is 0.416 e. The number of nitrogens with zero attached hydrogens (tertiary/aromatic N) is 3. The Hall–Kier alpha value is -3.42. The molecule has 2 aromatic carbocycles. The normalized spacial score (nSPS) is 12.0. The van der Waals surface area contributed by atoms with E-state index in [-0.39, 0.29) is 5.82 Å². The zero-order valence-electron chi connectivity index (χ0n) is 13.1. The van der Waals surface area contributed by atoms with E-state index in [1.807, 2.05) is 0 Å². The lowest BCUT2D eigenvalue weighted by atomic mass is 10.1. The van der Waals surface area contributed by atoms with Crippen molar-refractivity contribution in [2.75, 3.05) is 0 Å². The third-order valence-corrected chi connectivity index (χ3v) is 4.13. The predicted molar refractivity (Wildman–Crippen MR) is 89.8 cm³/mol. The van der Waals surface area contributed by atoms with Crippen molar-refractivity contribution in [2.45, 2.75) is 6.18 Å². The smallest absolute Gasteiger partial charge is 0.358 e. The lowest BCUT2D eigenvalue weighted by Gasteiger charge is -2.09. The summed E-state index contributed by atoms with van der Waals surface area (Å²) >= 11 is 0. The maximum Gasteiger partial charge on any atom is 0.416 e. The van der Waals surface area contributed by atoms with Gasteiger partial charge in [0.25, 0.3) is 0 Å². The Morgan fingerprint density at radius 3 is 2.27 bits per heavy atom. The third kappa shape index (κ3) is 2.46. The van der Waals surface area contributed by atoms with Gasteiger partial charge in [0, 0.05) is 11.6 Å².